The molecule has 0 heterocycles. The van der Waals surface area contributed by atoms with Crippen molar-refractivity contribution >= 4 is 23.4 Å². The lowest BCUT2D eigenvalue weighted by atomic mass is 10.0. The Morgan fingerprint density at radius 1 is 0.612 bits per heavy atom. The van der Waals surface area contributed by atoms with E-state index in [4.69, 9.17) is 14.4 Å². The van der Waals surface area contributed by atoms with Crippen molar-refractivity contribution in [1.29, 1.82) is 0 Å². The van der Waals surface area contributed by atoms with E-state index >= 15 is 0 Å². The van der Waals surface area contributed by atoms with Crippen molar-refractivity contribution in [3.05, 3.63) is 137 Å². The Balaban J connectivity index is 1.50. The van der Waals surface area contributed by atoms with Crippen LogP contribution in [0.25, 0.3) is 0 Å². The number of halogens is 6. The summed E-state index contributed by atoms with van der Waals surface area (Å²) in [6.07, 6.45) is -13.5. The van der Waals surface area contributed by atoms with Crippen LogP contribution in [-0.4, -0.2) is 36.5 Å². The highest BCUT2D eigenvalue weighted by atomic mass is 19.4. The fourth-order valence-corrected chi connectivity index (χ4v) is 4.25. The van der Waals surface area contributed by atoms with E-state index in [2.05, 4.69) is 10.8 Å². The maximum Gasteiger partial charge on any atom is 0.416 e. The number of nitrogens with one attached hydrogen (secondary N) is 3. The molecule has 0 aliphatic carbocycles. The number of para-hydroxylation sites is 1. The third kappa shape index (κ3) is 11.4. The molecule has 9 nitrogen and oxygen atoms in total. The Bertz CT molecular complexity index is 1660. The highest BCUT2D eigenvalue weighted by Crippen LogP contribution is 2.36. The molecule has 0 spiro atoms. The number of hydrogen-bond donors (Lipinski definition) is 3. The molecule has 0 unspecified atom stereocenters. The first-order valence-electron chi connectivity index (χ1n) is 14.5. The molecule has 258 valence electrons. The van der Waals surface area contributed by atoms with Crippen LogP contribution in [0.3, 0.4) is 0 Å². The largest absolute Gasteiger partial charge is 0.416 e. The van der Waals surface area contributed by atoms with E-state index in [1.165, 1.54) is 0 Å². The molecule has 4 aromatic carbocycles. The summed E-state index contributed by atoms with van der Waals surface area (Å²) in [5.74, 6) is -3.24. The second-order valence-corrected chi connectivity index (χ2v) is 10.5. The molecule has 0 aromatic heterocycles. The van der Waals surface area contributed by atoms with E-state index < -0.39 is 65.6 Å². The Hall–Kier alpha value is -5.25. The van der Waals surface area contributed by atoms with Crippen LogP contribution in [0.4, 0.5) is 32.0 Å². The highest BCUT2D eigenvalue weighted by Gasteiger charge is 2.38. The number of anilines is 1. The molecule has 0 aliphatic rings. The van der Waals surface area contributed by atoms with Crippen molar-refractivity contribution in [2.75, 3.05) is 11.9 Å². The topological polar surface area (TPSA) is 115 Å². The summed E-state index contributed by atoms with van der Waals surface area (Å²) < 4.78 is 85.5. The molecule has 3 N–H and O–H groups in total. The Morgan fingerprint density at radius 2 is 1.12 bits per heavy atom. The summed E-state index contributed by atoms with van der Waals surface area (Å²) >= 11 is 0. The predicted molar refractivity (Wildman–Crippen MR) is 163 cm³/mol. The summed E-state index contributed by atoms with van der Waals surface area (Å²) in [6.45, 7) is -0.609. The van der Waals surface area contributed by atoms with Crippen molar-refractivity contribution in [3.8, 4) is 0 Å². The smallest absolute Gasteiger partial charge is 0.373 e. The van der Waals surface area contributed by atoms with Gasteiger partial charge < -0.3 is 10.1 Å². The number of carbonyl (C=O) groups excluding carboxylic acids is 3. The number of rotatable bonds is 14. The molecule has 0 saturated carbocycles. The van der Waals surface area contributed by atoms with E-state index in [1.807, 2.05) is 0 Å². The van der Waals surface area contributed by atoms with E-state index in [1.54, 1.807) is 96.5 Å². The third-order valence-electron chi connectivity index (χ3n) is 6.72. The van der Waals surface area contributed by atoms with Gasteiger partial charge in [0.2, 0.25) is 0 Å². The molecule has 2 atom stereocenters. The number of alkyl halides is 6. The van der Waals surface area contributed by atoms with Gasteiger partial charge in [-0.1, -0.05) is 78.9 Å². The Labute approximate surface area is 276 Å². The maximum atomic E-state index is 13.3. The van der Waals surface area contributed by atoms with E-state index in [0.717, 1.165) is 0 Å². The minimum atomic E-state index is -5.20. The number of hydroxylamine groups is 2. The first-order chi connectivity index (χ1) is 23.3. The summed E-state index contributed by atoms with van der Waals surface area (Å²) in [5.41, 5.74) is 1.13. The van der Waals surface area contributed by atoms with Gasteiger partial charge in [-0.3, -0.25) is 24.1 Å². The molecular weight excluding hydrogens is 660 g/mol. The molecule has 0 radical (unpaired) electrons. The van der Waals surface area contributed by atoms with Crippen LogP contribution < -0.4 is 16.3 Å². The Kier molecular flexibility index (Phi) is 12.5. The molecule has 0 fully saturated rings. The van der Waals surface area contributed by atoms with Gasteiger partial charge in [-0.2, -0.15) is 26.3 Å². The number of ether oxygens (including phenoxy) is 1. The third-order valence-corrected chi connectivity index (χ3v) is 6.72. The number of carbonyl (C=O) groups is 3. The Morgan fingerprint density at radius 3 is 1.67 bits per heavy atom. The minimum absolute atomic E-state index is 0.00361. The van der Waals surface area contributed by atoms with Crippen LogP contribution in [0.2, 0.25) is 0 Å². The fraction of sp³-hybridized carbons (Fsp3) is 0.206. The van der Waals surface area contributed by atoms with Gasteiger partial charge in [-0.15, -0.1) is 0 Å². The summed E-state index contributed by atoms with van der Waals surface area (Å²) in [7, 11) is 0. The zero-order valence-electron chi connectivity index (χ0n) is 25.4. The zero-order chi connectivity index (χ0) is 35.4. The van der Waals surface area contributed by atoms with Crippen molar-refractivity contribution in [3.63, 3.8) is 0 Å². The first-order valence-corrected chi connectivity index (χ1v) is 14.5. The molecule has 15 heteroatoms. The van der Waals surface area contributed by atoms with Crippen LogP contribution in [0.1, 0.15) is 32.6 Å². The average molecular weight is 690 g/mol. The second-order valence-electron chi connectivity index (χ2n) is 10.5. The lowest BCUT2D eigenvalue weighted by molar-refractivity contribution is -0.161. The van der Waals surface area contributed by atoms with Crippen molar-refractivity contribution in [1.82, 2.24) is 11.0 Å². The van der Waals surface area contributed by atoms with Gasteiger partial charge in [0, 0.05) is 17.7 Å². The minimum Gasteiger partial charge on any atom is -0.373 e. The molecule has 4 rings (SSSR count). The highest BCUT2D eigenvalue weighted by molar-refractivity contribution is 5.95. The molecule has 0 aliphatic heterocycles. The predicted octanol–water partition coefficient (Wildman–Crippen LogP) is 6.27. The van der Waals surface area contributed by atoms with Crippen molar-refractivity contribution in [2.45, 2.75) is 37.6 Å². The zero-order valence-corrected chi connectivity index (χ0v) is 25.4. The van der Waals surface area contributed by atoms with E-state index in [9.17, 15) is 40.7 Å². The fourth-order valence-electron chi connectivity index (χ4n) is 4.25. The van der Waals surface area contributed by atoms with Gasteiger partial charge in [0.1, 0.15) is 0 Å². The quantitative estimate of drug-likeness (QED) is 0.106. The summed E-state index contributed by atoms with van der Waals surface area (Å²) in [5, 5.41) is 2.67. The standard InChI is InChI=1S/C34H29F6N3O6/c35-33(36,37)25-17-24(18-26(19-25)34(38,39)40)30(44)42-49-29(21-47-20-23-12-6-2-7-13-23)32(46)43-48-28(16-22-10-4-1-5-11-22)31(45)41-27-14-8-3-9-15-27/h1-15,17-19,28-29H,16,20-21H2,(H,41,45)(H,42,44)(H,43,46)/t28-,29+/m0/s1. The lowest BCUT2D eigenvalue weighted by Gasteiger charge is -2.21. The van der Waals surface area contributed by atoms with Crippen LogP contribution in [-0.2, 0) is 49.4 Å². The molecular formula is C34H29F6N3O6. The maximum absolute atomic E-state index is 13.3. The monoisotopic (exact) mass is 689 g/mol. The van der Waals surface area contributed by atoms with Crippen LogP contribution >= 0.6 is 0 Å². The van der Waals surface area contributed by atoms with Crippen molar-refractivity contribution in [2.24, 2.45) is 0 Å². The molecule has 49 heavy (non-hydrogen) atoms. The van der Waals surface area contributed by atoms with Gasteiger partial charge >= 0.3 is 12.4 Å². The van der Waals surface area contributed by atoms with Gasteiger partial charge in [0.15, 0.2) is 12.2 Å². The summed E-state index contributed by atoms with van der Waals surface area (Å²) in [4.78, 5) is 49.7. The van der Waals surface area contributed by atoms with E-state index in [-0.39, 0.29) is 31.2 Å². The van der Waals surface area contributed by atoms with Crippen molar-refractivity contribution < 1.29 is 55.1 Å². The van der Waals surface area contributed by atoms with Crippen LogP contribution in [0.15, 0.2) is 109 Å². The first kappa shape index (κ1) is 36.6. The number of hydrogen-bond acceptors (Lipinski definition) is 6. The number of amides is 3. The van der Waals surface area contributed by atoms with Gasteiger partial charge in [0.05, 0.1) is 24.3 Å². The van der Waals surface area contributed by atoms with Crippen LogP contribution in [0.5, 0.6) is 0 Å². The molecule has 4 aromatic rings. The average Bonchev–Trinajstić information content (AvgIpc) is 3.08. The second kappa shape index (κ2) is 16.7. The van der Waals surface area contributed by atoms with Gasteiger partial charge in [-0.25, -0.2) is 11.0 Å². The van der Waals surface area contributed by atoms with E-state index in [0.29, 0.717) is 16.8 Å². The molecule has 0 bridgehead atoms. The SMILES string of the molecule is O=C(NO[C@H](COCc1ccccc1)C(=O)NO[C@@H](Cc1ccccc1)C(=O)Nc1ccccc1)c1cc(C(F)(F)F)cc(C(F)(F)F)c1. The van der Waals surface area contributed by atoms with Gasteiger partial charge in [0.25, 0.3) is 17.7 Å². The van der Waals surface area contributed by atoms with Gasteiger partial charge in [-0.05, 0) is 41.5 Å². The lowest BCUT2D eigenvalue weighted by Crippen LogP contribution is -2.46. The summed E-state index contributed by atoms with van der Waals surface area (Å²) in [6, 6.07) is 26.0. The van der Waals surface area contributed by atoms with Crippen LogP contribution in [0, 0.1) is 0 Å². The molecule has 3 amide bonds. The number of benzene rings is 4. The normalized spacial score (nSPS) is 12.9. The molecule has 0 saturated heterocycles.